The number of carbonyl (C=O) groups excluding carboxylic acids is 1. The molecule has 1 aliphatic heterocycles. The Morgan fingerprint density at radius 2 is 2.29 bits per heavy atom. The summed E-state index contributed by atoms with van der Waals surface area (Å²) >= 11 is 1.56. The van der Waals surface area contributed by atoms with Crippen LogP contribution in [0.4, 0.5) is 20.2 Å². The van der Waals surface area contributed by atoms with Gasteiger partial charge in [-0.05, 0) is 12.1 Å². The van der Waals surface area contributed by atoms with Crippen LogP contribution < -0.4 is 15.4 Å². The van der Waals surface area contributed by atoms with E-state index in [9.17, 15) is 13.6 Å². The number of amides is 1. The van der Waals surface area contributed by atoms with Crippen molar-refractivity contribution < 1.29 is 18.3 Å². The van der Waals surface area contributed by atoms with E-state index in [0.717, 1.165) is 10.6 Å². The predicted molar refractivity (Wildman–Crippen MR) is 120 cm³/mol. The molecule has 0 atom stereocenters. The van der Waals surface area contributed by atoms with Gasteiger partial charge in [0.1, 0.15) is 23.6 Å². The Labute approximate surface area is 195 Å². The average Bonchev–Trinajstić information content (AvgIpc) is 3.42. The summed E-state index contributed by atoms with van der Waals surface area (Å²) in [5.41, 5.74) is 1.93. The van der Waals surface area contributed by atoms with E-state index in [1.807, 2.05) is 6.07 Å². The molecule has 1 aromatic carbocycles. The van der Waals surface area contributed by atoms with E-state index in [1.165, 1.54) is 33.9 Å². The van der Waals surface area contributed by atoms with Gasteiger partial charge < -0.3 is 15.4 Å². The first-order valence-electron chi connectivity index (χ1n) is 10.1. The second-order valence-corrected chi connectivity index (χ2v) is 8.28. The zero-order valence-electron chi connectivity index (χ0n) is 17.4. The van der Waals surface area contributed by atoms with Crippen molar-refractivity contribution in [3.8, 4) is 23.1 Å². The van der Waals surface area contributed by atoms with Crippen LogP contribution in [-0.4, -0.2) is 49.2 Å². The lowest BCUT2D eigenvalue weighted by Crippen LogP contribution is -2.13. The molecule has 0 saturated heterocycles. The molecule has 5 rings (SSSR count). The Bertz CT molecular complexity index is 1430. The van der Waals surface area contributed by atoms with E-state index in [-0.39, 0.29) is 34.8 Å². The topological polar surface area (TPSA) is 122 Å². The van der Waals surface area contributed by atoms with Gasteiger partial charge in [-0.1, -0.05) is 0 Å². The van der Waals surface area contributed by atoms with Gasteiger partial charge in [0.2, 0.25) is 0 Å². The number of carbonyl (C=O) groups is 1. The third kappa shape index (κ3) is 4.11. The summed E-state index contributed by atoms with van der Waals surface area (Å²) in [4.78, 5) is 18.1. The largest absolute Gasteiger partial charge is 0.434 e. The van der Waals surface area contributed by atoms with E-state index in [0.29, 0.717) is 17.9 Å². The fourth-order valence-corrected chi connectivity index (χ4v) is 4.50. The van der Waals surface area contributed by atoms with Crippen molar-refractivity contribution in [3.05, 3.63) is 48.5 Å². The molecule has 0 fully saturated rings. The number of fused-ring (bicyclic) bond motifs is 2. The van der Waals surface area contributed by atoms with E-state index in [1.54, 1.807) is 30.1 Å². The van der Waals surface area contributed by atoms with Gasteiger partial charge in [0.15, 0.2) is 5.65 Å². The number of nitriles is 1. The number of aromatic nitrogens is 5. The smallest absolute Gasteiger partial charge is 0.387 e. The van der Waals surface area contributed by atoms with Gasteiger partial charge in [-0.3, -0.25) is 9.48 Å². The molecule has 0 spiro atoms. The van der Waals surface area contributed by atoms with Gasteiger partial charge in [-0.15, -0.1) is 11.8 Å². The normalized spacial score (nSPS) is 12.8. The predicted octanol–water partition coefficient (Wildman–Crippen LogP) is 3.49. The monoisotopic (exact) mass is 482 g/mol. The molecular weight excluding hydrogens is 466 g/mol. The van der Waals surface area contributed by atoms with E-state index in [2.05, 4.69) is 25.8 Å². The Balaban J connectivity index is 1.58. The summed E-state index contributed by atoms with van der Waals surface area (Å²) in [6.45, 7) is -2.47. The molecule has 4 heterocycles. The average molecular weight is 482 g/mol. The number of halogens is 2. The SMILES string of the molecule is N#CCn1cc(NC(=O)c2cnn3cccnc23)c(-c2cc3c(cc2OC(F)F)NCCS3)n1. The lowest BCUT2D eigenvalue weighted by molar-refractivity contribution is -0.0494. The van der Waals surface area contributed by atoms with Crippen molar-refractivity contribution in [3.63, 3.8) is 0 Å². The highest BCUT2D eigenvalue weighted by atomic mass is 32.2. The maximum atomic E-state index is 13.2. The molecule has 172 valence electrons. The molecule has 0 radical (unpaired) electrons. The number of thioether (sulfide) groups is 1. The van der Waals surface area contributed by atoms with Crippen LogP contribution in [-0.2, 0) is 6.54 Å². The second-order valence-electron chi connectivity index (χ2n) is 7.15. The first-order chi connectivity index (χ1) is 16.5. The van der Waals surface area contributed by atoms with Gasteiger partial charge in [-0.2, -0.15) is 24.2 Å². The Kier molecular flexibility index (Phi) is 5.72. The lowest BCUT2D eigenvalue weighted by Gasteiger charge is -2.20. The Morgan fingerprint density at radius 1 is 1.41 bits per heavy atom. The minimum absolute atomic E-state index is 0.0980. The minimum atomic E-state index is -3.06. The van der Waals surface area contributed by atoms with Crippen LogP contribution in [0.2, 0.25) is 0 Å². The first kappa shape index (κ1) is 21.7. The molecule has 10 nitrogen and oxygen atoms in total. The summed E-state index contributed by atoms with van der Waals surface area (Å²) in [6.07, 6.45) is 6.04. The number of hydrogen-bond donors (Lipinski definition) is 2. The van der Waals surface area contributed by atoms with Crippen molar-refractivity contribution in [2.24, 2.45) is 0 Å². The fraction of sp³-hybridized carbons (Fsp3) is 0.190. The van der Waals surface area contributed by atoms with Crippen LogP contribution in [0, 0.1) is 11.3 Å². The minimum Gasteiger partial charge on any atom is -0.434 e. The number of alkyl halides is 2. The molecule has 2 N–H and O–H groups in total. The van der Waals surface area contributed by atoms with Crippen molar-refractivity contribution in [2.45, 2.75) is 18.1 Å². The van der Waals surface area contributed by atoms with E-state index in [4.69, 9.17) is 10.00 Å². The van der Waals surface area contributed by atoms with Gasteiger partial charge >= 0.3 is 6.61 Å². The van der Waals surface area contributed by atoms with Crippen LogP contribution in [0.15, 0.2) is 47.9 Å². The third-order valence-electron chi connectivity index (χ3n) is 4.99. The van der Waals surface area contributed by atoms with Crippen molar-refractivity contribution >= 4 is 34.7 Å². The highest BCUT2D eigenvalue weighted by Crippen LogP contribution is 2.43. The number of nitrogens with zero attached hydrogens (tertiary/aromatic N) is 6. The molecular formula is C21H16F2N8O2S. The first-order valence-corrected chi connectivity index (χ1v) is 11.1. The molecule has 0 unspecified atom stereocenters. The maximum absolute atomic E-state index is 13.2. The summed E-state index contributed by atoms with van der Waals surface area (Å²) in [6, 6.07) is 6.84. The van der Waals surface area contributed by atoms with Crippen molar-refractivity contribution in [1.82, 2.24) is 24.4 Å². The highest BCUT2D eigenvalue weighted by molar-refractivity contribution is 7.99. The second kappa shape index (κ2) is 8.99. The molecule has 1 aliphatic rings. The molecule has 0 bridgehead atoms. The Morgan fingerprint density at radius 3 is 3.12 bits per heavy atom. The van der Waals surface area contributed by atoms with Crippen LogP contribution in [0.25, 0.3) is 16.9 Å². The summed E-state index contributed by atoms with van der Waals surface area (Å²) in [7, 11) is 0. The quantitative estimate of drug-likeness (QED) is 0.428. The highest BCUT2D eigenvalue weighted by Gasteiger charge is 2.24. The van der Waals surface area contributed by atoms with Gasteiger partial charge in [0.25, 0.3) is 5.91 Å². The molecule has 1 amide bonds. The summed E-state index contributed by atoms with van der Waals surface area (Å²) in [5.74, 6) is 0.186. The maximum Gasteiger partial charge on any atom is 0.387 e. The number of nitrogens with one attached hydrogen (secondary N) is 2. The van der Waals surface area contributed by atoms with Crippen LogP contribution in [0.5, 0.6) is 5.75 Å². The molecule has 13 heteroatoms. The molecule has 4 aromatic rings. The number of benzene rings is 1. The summed E-state index contributed by atoms with van der Waals surface area (Å²) < 4.78 is 34.0. The van der Waals surface area contributed by atoms with Crippen LogP contribution in [0.1, 0.15) is 10.4 Å². The zero-order valence-corrected chi connectivity index (χ0v) is 18.2. The Hall–Kier alpha value is -4.18. The van der Waals surface area contributed by atoms with Crippen molar-refractivity contribution in [1.29, 1.82) is 5.26 Å². The zero-order chi connectivity index (χ0) is 23.7. The van der Waals surface area contributed by atoms with Gasteiger partial charge in [0.05, 0.1) is 29.8 Å². The third-order valence-corrected chi connectivity index (χ3v) is 6.05. The number of anilines is 2. The molecule has 0 saturated carbocycles. The fourth-order valence-electron chi connectivity index (χ4n) is 3.58. The van der Waals surface area contributed by atoms with E-state index < -0.39 is 12.5 Å². The summed E-state index contributed by atoms with van der Waals surface area (Å²) in [5, 5.41) is 23.5. The molecule has 0 aliphatic carbocycles. The lowest BCUT2D eigenvalue weighted by atomic mass is 10.1. The van der Waals surface area contributed by atoms with Gasteiger partial charge in [0, 0.05) is 41.2 Å². The van der Waals surface area contributed by atoms with E-state index >= 15 is 0 Å². The number of rotatable bonds is 6. The van der Waals surface area contributed by atoms with Crippen molar-refractivity contribution in [2.75, 3.05) is 22.9 Å². The van der Waals surface area contributed by atoms with Crippen LogP contribution >= 0.6 is 11.8 Å². The number of ether oxygens (including phenoxy) is 1. The molecule has 34 heavy (non-hydrogen) atoms. The molecule has 3 aromatic heterocycles. The van der Waals surface area contributed by atoms with Gasteiger partial charge in [-0.25, -0.2) is 9.50 Å². The number of hydrogen-bond acceptors (Lipinski definition) is 8. The van der Waals surface area contributed by atoms with Crippen LogP contribution in [0.3, 0.4) is 0 Å². The standard InChI is InChI=1S/C21H16F2N8O2S/c22-21(23)33-16-9-14-17(34-7-4-25-14)8-12(16)18-15(11-30(29-18)6-2-24)28-20(32)13-10-27-31-5-1-3-26-19(13)31/h1,3,5,8-11,21,25H,4,6-7H2,(H,28,32).